The molecular formula is C20H29N3O4. The van der Waals surface area contributed by atoms with E-state index in [1.165, 1.54) is 0 Å². The SMILES string of the molecule is CCOC(=O)N1CCC(Nc2ccc(NC(=O)C3CCOCC3)cc2)CC1. The predicted molar refractivity (Wildman–Crippen MR) is 104 cm³/mol. The van der Waals surface area contributed by atoms with Gasteiger partial charge in [0.25, 0.3) is 0 Å². The molecule has 148 valence electrons. The molecule has 1 aromatic carbocycles. The third-order valence-corrected chi connectivity index (χ3v) is 5.14. The maximum Gasteiger partial charge on any atom is 0.409 e. The summed E-state index contributed by atoms with van der Waals surface area (Å²) in [5, 5.41) is 6.50. The molecule has 0 aliphatic carbocycles. The lowest BCUT2D eigenvalue weighted by Gasteiger charge is -2.32. The van der Waals surface area contributed by atoms with Crippen LogP contribution >= 0.6 is 0 Å². The Hall–Kier alpha value is -2.28. The molecular weight excluding hydrogens is 346 g/mol. The van der Waals surface area contributed by atoms with Gasteiger partial charge in [-0.1, -0.05) is 0 Å². The largest absolute Gasteiger partial charge is 0.450 e. The maximum atomic E-state index is 12.3. The summed E-state index contributed by atoms with van der Waals surface area (Å²) in [5.74, 6) is 0.117. The molecule has 0 atom stereocenters. The first kappa shape index (κ1) is 19.5. The van der Waals surface area contributed by atoms with Crippen LogP contribution in [0, 0.1) is 5.92 Å². The van der Waals surface area contributed by atoms with Gasteiger partial charge in [-0.25, -0.2) is 4.79 Å². The van der Waals surface area contributed by atoms with Crippen LogP contribution in [0.15, 0.2) is 24.3 Å². The normalized spacial score (nSPS) is 18.8. The molecule has 0 spiro atoms. The van der Waals surface area contributed by atoms with Crippen molar-refractivity contribution < 1.29 is 19.1 Å². The lowest BCUT2D eigenvalue weighted by Crippen LogP contribution is -2.42. The average Bonchev–Trinajstić information content (AvgIpc) is 2.71. The second kappa shape index (κ2) is 9.60. The molecule has 2 aliphatic rings. The zero-order chi connectivity index (χ0) is 19.1. The number of benzene rings is 1. The van der Waals surface area contributed by atoms with Crippen molar-refractivity contribution in [2.75, 3.05) is 43.5 Å². The van der Waals surface area contributed by atoms with E-state index < -0.39 is 0 Å². The molecule has 2 N–H and O–H groups in total. The number of ether oxygens (including phenoxy) is 2. The molecule has 2 fully saturated rings. The first-order chi connectivity index (χ1) is 13.2. The second-order valence-corrected chi connectivity index (χ2v) is 7.06. The van der Waals surface area contributed by atoms with Crippen LogP contribution in [-0.4, -0.2) is 55.9 Å². The van der Waals surface area contributed by atoms with E-state index in [1.54, 1.807) is 4.90 Å². The first-order valence-electron chi connectivity index (χ1n) is 9.82. The highest BCUT2D eigenvalue weighted by atomic mass is 16.6. The number of piperidine rings is 1. The van der Waals surface area contributed by atoms with Crippen LogP contribution in [0.25, 0.3) is 0 Å². The van der Waals surface area contributed by atoms with Crippen LogP contribution < -0.4 is 10.6 Å². The number of amides is 2. The third kappa shape index (κ3) is 5.60. The number of hydrogen-bond acceptors (Lipinski definition) is 5. The Morgan fingerprint density at radius 3 is 2.33 bits per heavy atom. The molecule has 2 saturated heterocycles. The molecule has 2 amide bonds. The number of nitrogens with one attached hydrogen (secondary N) is 2. The Labute approximate surface area is 160 Å². The van der Waals surface area contributed by atoms with E-state index in [0.717, 1.165) is 37.1 Å². The van der Waals surface area contributed by atoms with E-state index >= 15 is 0 Å². The van der Waals surface area contributed by atoms with Crippen molar-refractivity contribution in [1.29, 1.82) is 0 Å². The lowest BCUT2D eigenvalue weighted by atomic mass is 9.99. The smallest absolute Gasteiger partial charge is 0.409 e. The topological polar surface area (TPSA) is 79.9 Å². The van der Waals surface area contributed by atoms with Crippen LogP contribution in [0.5, 0.6) is 0 Å². The van der Waals surface area contributed by atoms with E-state index in [-0.39, 0.29) is 17.9 Å². The highest BCUT2D eigenvalue weighted by Crippen LogP contribution is 2.21. The Kier molecular flexibility index (Phi) is 6.92. The van der Waals surface area contributed by atoms with Crippen molar-refractivity contribution in [3.63, 3.8) is 0 Å². The van der Waals surface area contributed by atoms with E-state index in [1.807, 2.05) is 31.2 Å². The number of carbonyl (C=O) groups excluding carboxylic acids is 2. The maximum absolute atomic E-state index is 12.3. The molecule has 7 nitrogen and oxygen atoms in total. The van der Waals surface area contributed by atoms with Crippen LogP contribution in [-0.2, 0) is 14.3 Å². The summed E-state index contributed by atoms with van der Waals surface area (Å²) in [5.41, 5.74) is 1.84. The summed E-state index contributed by atoms with van der Waals surface area (Å²) in [4.78, 5) is 25.8. The Morgan fingerprint density at radius 2 is 1.70 bits per heavy atom. The summed E-state index contributed by atoms with van der Waals surface area (Å²) in [6.45, 7) is 4.97. The highest BCUT2D eigenvalue weighted by Gasteiger charge is 2.24. The monoisotopic (exact) mass is 375 g/mol. The van der Waals surface area contributed by atoms with Crippen molar-refractivity contribution in [3.05, 3.63) is 24.3 Å². The molecule has 0 bridgehead atoms. The van der Waals surface area contributed by atoms with Crippen LogP contribution in [0.3, 0.4) is 0 Å². The lowest BCUT2D eigenvalue weighted by molar-refractivity contribution is -0.122. The van der Waals surface area contributed by atoms with Gasteiger partial charge in [0.15, 0.2) is 0 Å². The fourth-order valence-corrected chi connectivity index (χ4v) is 3.51. The van der Waals surface area contributed by atoms with Crippen LogP contribution in [0.4, 0.5) is 16.2 Å². The summed E-state index contributed by atoms with van der Waals surface area (Å²) in [6.07, 6.45) is 3.13. The Balaban J connectivity index is 1.44. The zero-order valence-corrected chi connectivity index (χ0v) is 15.9. The number of likely N-dealkylation sites (tertiary alicyclic amines) is 1. The van der Waals surface area contributed by atoms with E-state index in [4.69, 9.17) is 9.47 Å². The van der Waals surface area contributed by atoms with Crippen molar-refractivity contribution >= 4 is 23.4 Å². The van der Waals surface area contributed by atoms with E-state index in [9.17, 15) is 9.59 Å². The van der Waals surface area contributed by atoms with Gasteiger partial charge in [0.1, 0.15) is 0 Å². The fraction of sp³-hybridized carbons (Fsp3) is 0.600. The van der Waals surface area contributed by atoms with Crippen molar-refractivity contribution in [3.8, 4) is 0 Å². The van der Waals surface area contributed by atoms with Gasteiger partial charge in [-0.15, -0.1) is 0 Å². The second-order valence-electron chi connectivity index (χ2n) is 7.06. The molecule has 1 aromatic rings. The number of anilines is 2. The molecule has 27 heavy (non-hydrogen) atoms. The minimum absolute atomic E-state index is 0.0427. The van der Waals surface area contributed by atoms with Gasteiger partial charge in [-0.05, 0) is 56.9 Å². The van der Waals surface area contributed by atoms with Crippen molar-refractivity contribution in [1.82, 2.24) is 4.90 Å². The molecule has 0 unspecified atom stereocenters. The molecule has 2 heterocycles. The van der Waals surface area contributed by atoms with Gasteiger partial charge in [-0.3, -0.25) is 4.79 Å². The third-order valence-electron chi connectivity index (χ3n) is 5.14. The number of rotatable bonds is 5. The average molecular weight is 375 g/mol. The van der Waals surface area contributed by atoms with Crippen LogP contribution in [0.1, 0.15) is 32.6 Å². The minimum atomic E-state index is -0.222. The standard InChI is InChI=1S/C20H29N3O4/c1-2-27-20(25)23-11-7-18(8-12-23)21-16-3-5-17(6-4-16)22-19(24)15-9-13-26-14-10-15/h3-6,15,18,21H,2,7-14H2,1H3,(H,22,24). The van der Waals surface area contributed by atoms with Crippen molar-refractivity contribution in [2.45, 2.75) is 38.6 Å². The molecule has 3 rings (SSSR count). The van der Waals surface area contributed by atoms with Gasteiger partial charge < -0.3 is 25.0 Å². The quantitative estimate of drug-likeness (QED) is 0.827. The molecule has 0 radical (unpaired) electrons. The zero-order valence-electron chi connectivity index (χ0n) is 15.9. The Morgan fingerprint density at radius 1 is 1.07 bits per heavy atom. The van der Waals surface area contributed by atoms with E-state index in [2.05, 4.69) is 10.6 Å². The number of carbonyl (C=O) groups is 2. The summed E-state index contributed by atoms with van der Waals surface area (Å²) in [6, 6.07) is 8.15. The molecule has 2 aliphatic heterocycles. The summed E-state index contributed by atoms with van der Waals surface area (Å²) >= 11 is 0. The van der Waals surface area contributed by atoms with Crippen molar-refractivity contribution in [2.24, 2.45) is 5.92 Å². The molecule has 0 saturated carbocycles. The highest BCUT2D eigenvalue weighted by molar-refractivity contribution is 5.92. The van der Waals surface area contributed by atoms with Gasteiger partial charge in [0.05, 0.1) is 6.61 Å². The number of hydrogen-bond donors (Lipinski definition) is 2. The number of nitrogens with zero attached hydrogens (tertiary/aromatic N) is 1. The fourth-order valence-electron chi connectivity index (χ4n) is 3.51. The van der Waals surface area contributed by atoms with Gasteiger partial charge in [0.2, 0.25) is 5.91 Å². The predicted octanol–water partition coefficient (Wildman–Crippen LogP) is 3.08. The van der Waals surface area contributed by atoms with E-state index in [0.29, 0.717) is 39.0 Å². The van der Waals surface area contributed by atoms with Crippen LogP contribution in [0.2, 0.25) is 0 Å². The van der Waals surface area contributed by atoms with Gasteiger partial charge >= 0.3 is 6.09 Å². The molecule has 7 heteroatoms. The molecule has 0 aromatic heterocycles. The summed E-state index contributed by atoms with van der Waals surface area (Å²) in [7, 11) is 0. The van der Waals surface area contributed by atoms with Gasteiger partial charge in [-0.2, -0.15) is 0 Å². The Bertz CT molecular complexity index is 621. The van der Waals surface area contributed by atoms with Gasteiger partial charge in [0, 0.05) is 49.6 Å². The summed E-state index contributed by atoms with van der Waals surface area (Å²) < 4.78 is 10.4. The minimum Gasteiger partial charge on any atom is -0.450 e. The first-order valence-corrected chi connectivity index (χ1v) is 9.82.